The summed E-state index contributed by atoms with van der Waals surface area (Å²) < 4.78 is 40.2. The van der Waals surface area contributed by atoms with Crippen LogP contribution >= 0.6 is 23.2 Å². The van der Waals surface area contributed by atoms with Gasteiger partial charge in [-0.3, -0.25) is 4.98 Å². The van der Waals surface area contributed by atoms with Gasteiger partial charge in [0, 0.05) is 11.8 Å². The van der Waals surface area contributed by atoms with E-state index in [1.165, 1.54) is 30.5 Å². The van der Waals surface area contributed by atoms with E-state index >= 15 is 0 Å². The van der Waals surface area contributed by atoms with E-state index in [0.29, 0.717) is 16.3 Å². The third-order valence-corrected chi connectivity index (χ3v) is 2.64. The minimum absolute atomic E-state index is 0.247. The molecule has 0 saturated heterocycles. The minimum Gasteiger partial charge on any atom is -0.406 e. The average molecular weight is 308 g/mol. The van der Waals surface area contributed by atoms with Crippen LogP contribution < -0.4 is 4.74 Å². The summed E-state index contributed by atoms with van der Waals surface area (Å²) in [5, 5.41) is 0.591. The Hall–Kier alpha value is -1.46. The number of hydrogen-bond acceptors (Lipinski definition) is 2. The van der Waals surface area contributed by atoms with Crippen molar-refractivity contribution in [1.29, 1.82) is 0 Å². The van der Waals surface area contributed by atoms with E-state index in [0.717, 1.165) is 0 Å². The molecule has 19 heavy (non-hydrogen) atoms. The fourth-order valence-electron chi connectivity index (χ4n) is 1.47. The zero-order chi connectivity index (χ0) is 14.0. The highest BCUT2D eigenvalue weighted by Gasteiger charge is 2.31. The van der Waals surface area contributed by atoms with Crippen LogP contribution in [0.1, 0.15) is 0 Å². The van der Waals surface area contributed by atoms with Gasteiger partial charge in [0.2, 0.25) is 0 Å². The summed E-state index contributed by atoms with van der Waals surface area (Å²) in [6, 6.07) is 6.85. The second-order valence-electron chi connectivity index (χ2n) is 3.56. The lowest BCUT2D eigenvalue weighted by atomic mass is 10.1. The molecule has 2 rings (SSSR count). The predicted molar refractivity (Wildman–Crippen MR) is 66.4 cm³/mol. The van der Waals surface area contributed by atoms with Gasteiger partial charge in [-0.2, -0.15) is 0 Å². The lowest BCUT2D eigenvalue weighted by molar-refractivity contribution is -0.274. The third-order valence-electron chi connectivity index (χ3n) is 2.15. The van der Waals surface area contributed by atoms with Crippen LogP contribution in [0.15, 0.2) is 36.5 Å². The van der Waals surface area contributed by atoms with Crippen LogP contribution in [0.4, 0.5) is 13.2 Å². The lowest BCUT2D eigenvalue weighted by Crippen LogP contribution is -2.17. The maximum absolute atomic E-state index is 12.1. The molecule has 2 aromatic rings. The van der Waals surface area contributed by atoms with Crippen molar-refractivity contribution in [3.05, 3.63) is 46.6 Å². The molecule has 0 aliphatic heterocycles. The topological polar surface area (TPSA) is 22.1 Å². The molecule has 0 amide bonds. The lowest BCUT2D eigenvalue weighted by Gasteiger charge is -2.10. The van der Waals surface area contributed by atoms with Crippen LogP contribution in [-0.4, -0.2) is 11.3 Å². The van der Waals surface area contributed by atoms with Gasteiger partial charge < -0.3 is 4.74 Å². The molecule has 0 bridgehead atoms. The highest BCUT2D eigenvalue weighted by atomic mass is 35.5. The fourth-order valence-corrected chi connectivity index (χ4v) is 1.96. The van der Waals surface area contributed by atoms with E-state index in [-0.39, 0.29) is 10.8 Å². The predicted octanol–water partition coefficient (Wildman–Crippen LogP) is 4.95. The fraction of sp³-hybridized carbons (Fsp3) is 0.0833. The summed E-state index contributed by atoms with van der Waals surface area (Å²) in [5.74, 6) is -0.335. The molecular formula is C12H6Cl2F3NO. The average Bonchev–Trinajstić information content (AvgIpc) is 2.26. The van der Waals surface area contributed by atoms with E-state index in [2.05, 4.69) is 9.72 Å². The van der Waals surface area contributed by atoms with E-state index in [4.69, 9.17) is 23.2 Å². The quantitative estimate of drug-likeness (QED) is 0.783. The van der Waals surface area contributed by atoms with Gasteiger partial charge in [0.1, 0.15) is 5.75 Å². The van der Waals surface area contributed by atoms with Crippen molar-refractivity contribution in [1.82, 2.24) is 4.98 Å². The SMILES string of the molecule is FC(F)(F)Oc1cccc(-c2ncc(Cl)cc2Cl)c1. The number of aromatic nitrogens is 1. The van der Waals surface area contributed by atoms with Gasteiger partial charge in [0.05, 0.1) is 15.7 Å². The minimum atomic E-state index is -4.74. The number of rotatable bonds is 2. The Balaban J connectivity index is 2.38. The van der Waals surface area contributed by atoms with Crippen LogP contribution in [0.3, 0.4) is 0 Å². The molecule has 100 valence electrons. The van der Waals surface area contributed by atoms with Crippen LogP contribution in [-0.2, 0) is 0 Å². The van der Waals surface area contributed by atoms with Crippen molar-refractivity contribution in [2.24, 2.45) is 0 Å². The first-order valence-electron chi connectivity index (χ1n) is 5.02. The Morgan fingerprint density at radius 3 is 2.47 bits per heavy atom. The van der Waals surface area contributed by atoms with E-state index in [1.54, 1.807) is 6.07 Å². The maximum Gasteiger partial charge on any atom is 0.573 e. The summed E-state index contributed by atoms with van der Waals surface area (Å²) >= 11 is 11.6. The number of nitrogens with zero attached hydrogens (tertiary/aromatic N) is 1. The van der Waals surface area contributed by atoms with Crippen molar-refractivity contribution in [3.8, 4) is 17.0 Å². The Bertz CT molecular complexity index is 602. The molecule has 0 radical (unpaired) electrons. The third kappa shape index (κ3) is 3.75. The Labute approximate surface area is 116 Å². The number of alkyl halides is 3. The molecule has 0 atom stereocenters. The van der Waals surface area contributed by atoms with Crippen LogP contribution in [0, 0.1) is 0 Å². The van der Waals surface area contributed by atoms with Crippen molar-refractivity contribution in [3.63, 3.8) is 0 Å². The van der Waals surface area contributed by atoms with E-state index in [9.17, 15) is 13.2 Å². The van der Waals surface area contributed by atoms with E-state index < -0.39 is 6.36 Å². The smallest absolute Gasteiger partial charge is 0.406 e. The second-order valence-corrected chi connectivity index (χ2v) is 4.40. The van der Waals surface area contributed by atoms with Crippen LogP contribution in [0.2, 0.25) is 10.0 Å². The molecule has 0 N–H and O–H groups in total. The second kappa shape index (κ2) is 5.27. The molecule has 0 aliphatic carbocycles. The monoisotopic (exact) mass is 307 g/mol. The molecule has 7 heteroatoms. The summed E-state index contributed by atoms with van der Waals surface area (Å²) in [6.45, 7) is 0. The van der Waals surface area contributed by atoms with Gasteiger partial charge >= 0.3 is 6.36 Å². The normalized spacial score (nSPS) is 11.4. The van der Waals surface area contributed by atoms with Gasteiger partial charge in [0.25, 0.3) is 0 Å². The number of benzene rings is 1. The van der Waals surface area contributed by atoms with Gasteiger partial charge in [-0.1, -0.05) is 35.3 Å². The van der Waals surface area contributed by atoms with Crippen LogP contribution in [0.25, 0.3) is 11.3 Å². The zero-order valence-electron chi connectivity index (χ0n) is 9.21. The molecule has 0 unspecified atom stereocenters. The van der Waals surface area contributed by atoms with Gasteiger partial charge in [0.15, 0.2) is 0 Å². The van der Waals surface area contributed by atoms with Crippen molar-refractivity contribution in [2.75, 3.05) is 0 Å². The molecule has 1 heterocycles. The first kappa shape index (κ1) is 14.0. The molecule has 0 aliphatic rings. The first-order valence-corrected chi connectivity index (χ1v) is 5.78. The molecule has 0 saturated carbocycles. The number of ether oxygens (including phenoxy) is 1. The first-order chi connectivity index (χ1) is 8.85. The summed E-state index contributed by atoms with van der Waals surface area (Å²) in [4.78, 5) is 3.98. The molecule has 2 nitrogen and oxygen atoms in total. The van der Waals surface area contributed by atoms with Gasteiger partial charge in [-0.15, -0.1) is 13.2 Å². The summed E-state index contributed by atoms with van der Waals surface area (Å²) in [7, 11) is 0. The summed E-state index contributed by atoms with van der Waals surface area (Å²) in [6.07, 6.45) is -3.38. The number of pyridine rings is 1. The van der Waals surface area contributed by atoms with Crippen molar-refractivity contribution < 1.29 is 17.9 Å². The molecule has 0 fully saturated rings. The van der Waals surface area contributed by atoms with Gasteiger partial charge in [-0.25, -0.2) is 0 Å². The molecule has 1 aromatic carbocycles. The van der Waals surface area contributed by atoms with Crippen LogP contribution in [0.5, 0.6) is 5.75 Å². The molecular weight excluding hydrogens is 302 g/mol. The Morgan fingerprint density at radius 2 is 1.84 bits per heavy atom. The van der Waals surface area contributed by atoms with E-state index in [1.807, 2.05) is 0 Å². The zero-order valence-corrected chi connectivity index (χ0v) is 10.7. The Kier molecular flexibility index (Phi) is 3.87. The molecule has 1 aromatic heterocycles. The number of hydrogen-bond donors (Lipinski definition) is 0. The largest absolute Gasteiger partial charge is 0.573 e. The standard InChI is InChI=1S/C12H6Cl2F3NO/c13-8-5-10(14)11(18-6-8)7-2-1-3-9(4-7)19-12(15,16)17/h1-6H. The van der Waals surface area contributed by atoms with Crippen molar-refractivity contribution in [2.45, 2.75) is 6.36 Å². The highest BCUT2D eigenvalue weighted by molar-refractivity contribution is 6.36. The van der Waals surface area contributed by atoms with Gasteiger partial charge in [-0.05, 0) is 18.2 Å². The summed E-state index contributed by atoms with van der Waals surface area (Å²) in [5.41, 5.74) is 0.738. The van der Waals surface area contributed by atoms with Crippen molar-refractivity contribution >= 4 is 23.2 Å². The molecule has 0 spiro atoms. The highest BCUT2D eigenvalue weighted by Crippen LogP contribution is 2.31. The maximum atomic E-state index is 12.1. The number of halogens is 5. The Morgan fingerprint density at radius 1 is 1.11 bits per heavy atom.